The van der Waals surface area contributed by atoms with Gasteiger partial charge in [0, 0.05) is 11.3 Å². The number of likely N-dealkylation sites (N-methyl/N-ethyl adjacent to an activating group) is 1. The fourth-order valence-electron chi connectivity index (χ4n) is 3.32. The number of thiophene rings is 1. The Morgan fingerprint density at radius 3 is 2.47 bits per heavy atom. The van der Waals surface area contributed by atoms with Crippen molar-refractivity contribution in [2.45, 2.75) is 51.5 Å². The monoisotopic (exact) mass is 299 g/mol. The summed E-state index contributed by atoms with van der Waals surface area (Å²) in [6, 6.07) is 1.88. The van der Waals surface area contributed by atoms with Crippen LogP contribution in [0.5, 0.6) is 0 Å². The number of carbonyl (C=O) groups is 1. The molecule has 1 saturated carbocycles. The standard InChI is InChI=1S/C15H22ClNOS/c1-3-17(4-2)15(8-5-6-9-15)14(18)11-13-12(16)7-10-19-13/h7,10H,3-6,8-9,11H2,1-2H3. The first-order valence-electron chi connectivity index (χ1n) is 7.14. The van der Waals surface area contributed by atoms with Crippen molar-refractivity contribution in [1.82, 2.24) is 4.90 Å². The van der Waals surface area contributed by atoms with E-state index in [0.717, 1.165) is 35.8 Å². The van der Waals surface area contributed by atoms with Crippen LogP contribution >= 0.6 is 22.9 Å². The average Bonchev–Trinajstić information content (AvgIpc) is 3.02. The van der Waals surface area contributed by atoms with Crippen molar-refractivity contribution >= 4 is 28.7 Å². The van der Waals surface area contributed by atoms with Gasteiger partial charge in [-0.05, 0) is 37.4 Å². The van der Waals surface area contributed by atoms with Crippen LogP contribution in [0.25, 0.3) is 0 Å². The first-order valence-corrected chi connectivity index (χ1v) is 8.40. The molecule has 0 bridgehead atoms. The molecule has 1 aliphatic rings. The molecular weight excluding hydrogens is 278 g/mol. The van der Waals surface area contributed by atoms with Gasteiger partial charge in [-0.15, -0.1) is 11.3 Å². The molecule has 4 heteroatoms. The summed E-state index contributed by atoms with van der Waals surface area (Å²) in [6.45, 7) is 6.19. The Kier molecular flexibility index (Phi) is 5.04. The van der Waals surface area contributed by atoms with Crippen LogP contribution in [-0.2, 0) is 11.2 Å². The molecule has 0 atom stereocenters. The van der Waals surface area contributed by atoms with Gasteiger partial charge in [-0.25, -0.2) is 0 Å². The quantitative estimate of drug-likeness (QED) is 0.786. The van der Waals surface area contributed by atoms with E-state index in [1.54, 1.807) is 11.3 Å². The zero-order valence-corrected chi connectivity index (χ0v) is 13.3. The molecule has 1 fully saturated rings. The minimum Gasteiger partial charge on any atom is -0.297 e. The Labute approximate surface area is 124 Å². The van der Waals surface area contributed by atoms with Crippen LogP contribution in [-0.4, -0.2) is 29.3 Å². The average molecular weight is 300 g/mol. The first kappa shape index (κ1) is 15.0. The van der Waals surface area contributed by atoms with Gasteiger partial charge in [-0.2, -0.15) is 0 Å². The van der Waals surface area contributed by atoms with Crippen LogP contribution in [0.4, 0.5) is 0 Å². The highest BCUT2D eigenvalue weighted by atomic mass is 35.5. The second-order valence-electron chi connectivity index (χ2n) is 5.20. The summed E-state index contributed by atoms with van der Waals surface area (Å²) in [5.74, 6) is 0.359. The van der Waals surface area contributed by atoms with E-state index < -0.39 is 0 Å². The third-order valence-corrected chi connectivity index (χ3v) is 5.72. The Hall–Kier alpha value is -0.380. The maximum Gasteiger partial charge on any atom is 0.158 e. The molecule has 0 radical (unpaired) electrons. The van der Waals surface area contributed by atoms with Gasteiger partial charge in [0.15, 0.2) is 5.78 Å². The fourth-order valence-corrected chi connectivity index (χ4v) is 4.42. The van der Waals surface area contributed by atoms with Gasteiger partial charge in [-0.1, -0.05) is 38.3 Å². The summed E-state index contributed by atoms with van der Waals surface area (Å²) in [7, 11) is 0. The van der Waals surface area contributed by atoms with E-state index in [1.807, 2.05) is 11.4 Å². The van der Waals surface area contributed by atoms with Crippen molar-refractivity contribution < 1.29 is 4.79 Å². The SMILES string of the molecule is CCN(CC)C1(C(=O)Cc2sccc2Cl)CCCC1. The molecule has 1 aromatic rings. The predicted molar refractivity (Wildman–Crippen MR) is 82.2 cm³/mol. The molecule has 0 amide bonds. The van der Waals surface area contributed by atoms with Gasteiger partial charge in [0.2, 0.25) is 0 Å². The molecule has 2 nitrogen and oxygen atoms in total. The number of halogens is 1. The summed E-state index contributed by atoms with van der Waals surface area (Å²) in [5, 5.41) is 2.70. The maximum atomic E-state index is 12.9. The highest BCUT2D eigenvalue weighted by Gasteiger charge is 2.44. The van der Waals surface area contributed by atoms with E-state index in [9.17, 15) is 4.79 Å². The zero-order valence-electron chi connectivity index (χ0n) is 11.7. The van der Waals surface area contributed by atoms with Crippen LogP contribution in [0.2, 0.25) is 5.02 Å². The maximum absolute atomic E-state index is 12.9. The smallest absolute Gasteiger partial charge is 0.158 e. The van der Waals surface area contributed by atoms with Gasteiger partial charge < -0.3 is 0 Å². The number of nitrogens with zero attached hydrogens (tertiary/aromatic N) is 1. The molecule has 0 saturated heterocycles. The third-order valence-electron chi connectivity index (χ3n) is 4.33. The van der Waals surface area contributed by atoms with Crippen LogP contribution in [0.3, 0.4) is 0 Å². The van der Waals surface area contributed by atoms with Crippen LogP contribution in [0.15, 0.2) is 11.4 Å². The summed E-state index contributed by atoms with van der Waals surface area (Å²) in [4.78, 5) is 16.2. The number of ketones is 1. The van der Waals surface area contributed by atoms with Gasteiger partial charge in [0.25, 0.3) is 0 Å². The molecule has 1 aromatic heterocycles. The summed E-state index contributed by atoms with van der Waals surface area (Å²) in [5.41, 5.74) is -0.225. The molecular formula is C15H22ClNOS. The molecule has 0 aliphatic heterocycles. The topological polar surface area (TPSA) is 20.3 Å². The van der Waals surface area contributed by atoms with Crippen molar-refractivity contribution in [2.24, 2.45) is 0 Å². The minimum absolute atomic E-state index is 0.225. The first-order chi connectivity index (χ1) is 9.14. The second-order valence-corrected chi connectivity index (χ2v) is 6.61. The Morgan fingerprint density at radius 1 is 1.37 bits per heavy atom. The van der Waals surface area contributed by atoms with Crippen molar-refractivity contribution in [3.8, 4) is 0 Å². The van der Waals surface area contributed by atoms with Gasteiger partial charge in [0.05, 0.1) is 10.6 Å². The molecule has 0 N–H and O–H groups in total. The van der Waals surface area contributed by atoms with E-state index in [2.05, 4.69) is 18.7 Å². The molecule has 1 heterocycles. The van der Waals surface area contributed by atoms with E-state index in [0.29, 0.717) is 12.2 Å². The van der Waals surface area contributed by atoms with E-state index in [-0.39, 0.29) is 5.54 Å². The largest absolute Gasteiger partial charge is 0.297 e. The number of rotatable bonds is 6. The van der Waals surface area contributed by atoms with E-state index in [4.69, 9.17) is 11.6 Å². The fraction of sp³-hybridized carbons (Fsp3) is 0.667. The number of hydrogen-bond donors (Lipinski definition) is 0. The van der Waals surface area contributed by atoms with Gasteiger partial charge in [-0.3, -0.25) is 9.69 Å². The molecule has 19 heavy (non-hydrogen) atoms. The molecule has 106 valence electrons. The van der Waals surface area contributed by atoms with Crippen molar-refractivity contribution in [1.29, 1.82) is 0 Å². The molecule has 2 rings (SSSR count). The highest BCUT2D eigenvalue weighted by Crippen LogP contribution is 2.37. The Balaban J connectivity index is 2.19. The van der Waals surface area contributed by atoms with Crippen molar-refractivity contribution in [3.63, 3.8) is 0 Å². The summed E-state index contributed by atoms with van der Waals surface area (Å²) >= 11 is 7.72. The summed E-state index contributed by atoms with van der Waals surface area (Å²) < 4.78 is 0. The highest BCUT2D eigenvalue weighted by molar-refractivity contribution is 7.10. The molecule has 1 aliphatic carbocycles. The Morgan fingerprint density at radius 2 is 2.00 bits per heavy atom. The minimum atomic E-state index is -0.225. The summed E-state index contributed by atoms with van der Waals surface area (Å²) in [6.07, 6.45) is 4.85. The molecule has 0 aromatic carbocycles. The van der Waals surface area contributed by atoms with Gasteiger partial charge >= 0.3 is 0 Å². The molecule has 0 spiro atoms. The predicted octanol–water partition coefficient (Wildman–Crippen LogP) is 4.17. The third kappa shape index (κ3) is 2.88. The second kappa shape index (κ2) is 6.38. The number of hydrogen-bond acceptors (Lipinski definition) is 3. The zero-order chi connectivity index (χ0) is 13.9. The lowest BCUT2D eigenvalue weighted by atomic mass is 9.87. The lowest BCUT2D eigenvalue weighted by molar-refractivity contribution is -0.130. The number of Topliss-reactive ketones (excluding diaryl/α,β-unsaturated/α-hetero) is 1. The van der Waals surface area contributed by atoms with Crippen LogP contribution in [0, 0.1) is 0 Å². The van der Waals surface area contributed by atoms with Crippen molar-refractivity contribution in [2.75, 3.05) is 13.1 Å². The Bertz CT molecular complexity index is 433. The number of carbonyl (C=O) groups excluding carboxylic acids is 1. The van der Waals surface area contributed by atoms with Gasteiger partial charge in [0.1, 0.15) is 0 Å². The normalized spacial score (nSPS) is 18.1. The van der Waals surface area contributed by atoms with Crippen molar-refractivity contribution in [3.05, 3.63) is 21.3 Å². The van der Waals surface area contributed by atoms with Crippen LogP contribution in [0.1, 0.15) is 44.4 Å². The van der Waals surface area contributed by atoms with E-state index in [1.165, 1.54) is 12.8 Å². The van der Waals surface area contributed by atoms with E-state index >= 15 is 0 Å². The van der Waals surface area contributed by atoms with Crippen LogP contribution < -0.4 is 0 Å². The molecule has 0 unspecified atom stereocenters. The lowest BCUT2D eigenvalue weighted by Gasteiger charge is -2.39. The lowest BCUT2D eigenvalue weighted by Crippen LogP contribution is -2.53.